The van der Waals surface area contributed by atoms with Crippen molar-refractivity contribution < 1.29 is 4.74 Å². The molecular weight excluding hydrogens is 320 g/mol. The van der Waals surface area contributed by atoms with E-state index < -0.39 is 0 Å². The fourth-order valence-electron chi connectivity index (χ4n) is 4.17. The summed E-state index contributed by atoms with van der Waals surface area (Å²) in [5.41, 5.74) is 8.03. The fraction of sp³-hybridized carbons (Fsp3) is 0.217. The average molecular weight is 342 g/mol. The van der Waals surface area contributed by atoms with Crippen LogP contribution in [0.15, 0.2) is 67.0 Å². The van der Waals surface area contributed by atoms with E-state index in [0.717, 1.165) is 18.7 Å². The first-order valence-corrected chi connectivity index (χ1v) is 9.28. The van der Waals surface area contributed by atoms with Gasteiger partial charge in [0.05, 0.1) is 12.8 Å². The van der Waals surface area contributed by atoms with Gasteiger partial charge in [-0.1, -0.05) is 42.5 Å². The van der Waals surface area contributed by atoms with E-state index in [0.29, 0.717) is 0 Å². The van der Waals surface area contributed by atoms with Crippen molar-refractivity contribution in [1.82, 2.24) is 8.97 Å². The first kappa shape index (κ1) is 15.3. The van der Waals surface area contributed by atoms with Gasteiger partial charge < -0.3 is 13.7 Å². The van der Waals surface area contributed by atoms with E-state index in [1.54, 1.807) is 7.11 Å². The van der Waals surface area contributed by atoms with Crippen LogP contribution in [0, 0.1) is 0 Å². The molecule has 0 fully saturated rings. The summed E-state index contributed by atoms with van der Waals surface area (Å²) in [5, 5.41) is 0. The summed E-state index contributed by atoms with van der Waals surface area (Å²) < 4.78 is 10.1. The molecule has 2 aromatic heterocycles. The number of rotatable bonds is 3. The Morgan fingerprint density at radius 1 is 0.846 bits per heavy atom. The number of nitrogens with zero attached hydrogens (tertiary/aromatic N) is 2. The molecule has 2 aromatic carbocycles. The monoisotopic (exact) mass is 342 g/mol. The highest BCUT2D eigenvalue weighted by atomic mass is 16.5. The molecule has 26 heavy (non-hydrogen) atoms. The lowest BCUT2D eigenvalue weighted by atomic mass is 10.0. The van der Waals surface area contributed by atoms with Crippen LogP contribution in [0.2, 0.25) is 0 Å². The topological polar surface area (TPSA) is 18.6 Å². The third kappa shape index (κ3) is 2.35. The van der Waals surface area contributed by atoms with Crippen molar-refractivity contribution in [2.24, 2.45) is 0 Å². The standard InChI is InChI=1S/C23H22N2O/c1-26-19-12-10-17(11-13-19)21-15-24-16-22(18-7-3-2-4-8-18)25-14-6-5-9-20(21)23(24)25/h2-4,7-8,10-13,15-16H,5-6,9,14H2,1H3. The Hall–Kier alpha value is -2.94. The Labute approximate surface area is 153 Å². The first-order chi connectivity index (χ1) is 12.8. The van der Waals surface area contributed by atoms with Crippen LogP contribution >= 0.6 is 0 Å². The minimum Gasteiger partial charge on any atom is -0.497 e. The van der Waals surface area contributed by atoms with Crippen LogP contribution < -0.4 is 4.74 Å². The minimum absolute atomic E-state index is 0.902. The smallest absolute Gasteiger partial charge is 0.121 e. The van der Waals surface area contributed by atoms with Gasteiger partial charge in [-0.25, -0.2) is 0 Å². The van der Waals surface area contributed by atoms with Gasteiger partial charge in [-0.05, 0) is 42.5 Å². The second kappa shape index (κ2) is 6.10. The van der Waals surface area contributed by atoms with Crippen LogP contribution in [0.4, 0.5) is 0 Å². The molecule has 0 unspecified atom stereocenters. The van der Waals surface area contributed by atoms with Crippen molar-refractivity contribution in [2.45, 2.75) is 25.8 Å². The lowest BCUT2D eigenvalue weighted by Crippen LogP contribution is -1.98. The fourth-order valence-corrected chi connectivity index (χ4v) is 4.17. The van der Waals surface area contributed by atoms with Gasteiger partial charge in [-0.15, -0.1) is 0 Å². The molecular formula is C23H22N2O. The van der Waals surface area contributed by atoms with Crippen LogP contribution in [0.3, 0.4) is 0 Å². The van der Waals surface area contributed by atoms with Gasteiger partial charge in [0.2, 0.25) is 0 Å². The Morgan fingerprint density at radius 2 is 1.65 bits per heavy atom. The second-order valence-electron chi connectivity index (χ2n) is 6.97. The number of imidazole rings is 1. The summed E-state index contributed by atoms with van der Waals surface area (Å²) in [4.78, 5) is 0. The quantitative estimate of drug-likeness (QED) is 0.486. The molecule has 0 N–H and O–H groups in total. The van der Waals surface area contributed by atoms with Crippen LogP contribution in [-0.2, 0) is 13.0 Å². The second-order valence-corrected chi connectivity index (χ2v) is 6.97. The van der Waals surface area contributed by atoms with Gasteiger partial charge in [-0.3, -0.25) is 0 Å². The highest BCUT2D eigenvalue weighted by Crippen LogP contribution is 2.36. The van der Waals surface area contributed by atoms with Crippen molar-refractivity contribution in [3.05, 3.63) is 72.6 Å². The van der Waals surface area contributed by atoms with Crippen LogP contribution in [0.5, 0.6) is 5.75 Å². The van der Waals surface area contributed by atoms with Crippen molar-refractivity contribution in [2.75, 3.05) is 7.11 Å². The molecule has 0 spiro atoms. The van der Waals surface area contributed by atoms with Crippen molar-refractivity contribution in [3.8, 4) is 28.1 Å². The number of aromatic nitrogens is 2. The summed E-state index contributed by atoms with van der Waals surface area (Å²) in [6.45, 7) is 1.08. The zero-order valence-electron chi connectivity index (χ0n) is 15.0. The highest BCUT2D eigenvalue weighted by molar-refractivity contribution is 5.78. The van der Waals surface area contributed by atoms with E-state index in [4.69, 9.17) is 4.74 Å². The zero-order valence-corrected chi connectivity index (χ0v) is 15.0. The number of hydrogen-bond acceptors (Lipinski definition) is 1. The Morgan fingerprint density at radius 3 is 2.42 bits per heavy atom. The van der Waals surface area contributed by atoms with E-state index >= 15 is 0 Å². The lowest BCUT2D eigenvalue weighted by Gasteiger charge is -2.08. The largest absolute Gasteiger partial charge is 0.497 e. The molecule has 4 aromatic rings. The lowest BCUT2D eigenvalue weighted by molar-refractivity contribution is 0.415. The summed E-state index contributed by atoms with van der Waals surface area (Å²) in [7, 11) is 1.71. The maximum absolute atomic E-state index is 5.31. The molecule has 0 saturated carbocycles. The third-order valence-electron chi connectivity index (χ3n) is 5.44. The molecule has 0 atom stereocenters. The molecule has 0 aliphatic carbocycles. The molecule has 0 amide bonds. The van der Waals surface area contributed by atoms with Crippen molar-refractivity contribution in [1.29, 1.82) is 0 Å². The third-order valence-corrected chi connectivity index (χ3v) is 5.44. The van der Waals surface area contributed by atoms with E-state index in [1.165, 1.54) is 46.4 Å². The molecule has 130 valence electrons. The molecule has 0 radical (unpaired) electrons. The highest BCUT2D eigenvalue weighted by Gasteiger charge is 2.21. The summed E-state index contributed by atoms with van der Waals surface area (Å²) in [6, 6.07) is 19.1. The van der Waals surface area contributed by atoms with E-state index in [-0.39, 0.29) is 0 Å². The zero-order chi connectivity index (χ0) is 17.5. The first-order valence-electron chi connectivity index (χ1n) is 9.28. The Balaban J connectivity index is 1.70. The number of benzene rings is 2. The van der Waals surface area contributed by atoms with Crippen LogP contribution in [0.25, 0.3) is 28.0 Å². The van der Waals surface area contributed by atoms with Crippen molar-refractivity contribution in [3.63, 3.8) is 0 Å². The molecule has 0 bridgehead atoms. The van der Waals surface area contributed by atoms with E-state index in [9.17, 15) is 0 Å². The summed E-state index contributed by atoms with van der Waals surface area (Å²) >= 11 is 0. The van der Waals surface area contributed by atoms with Crippen molar-refractivity contribution >= 4 is 5.65 Å². The number of aryl methyl sites for hydroxylation is 2. The van der Waals surface area contributed by atoms with Gasteiger partial charge in [0.25, 0.3) is 0 Å². The van der Waals surface area contributed by atoms with Gasteiger partial charge in [-0.2, -0.15) is 0 Å². The van der Waals surface area contributed by atoms with E-state index in [2.05, 4.69) is 63.8 Å². The predicted octanol–water partition coefficient (Wildman–Crippen LogP) is 5.42. The molecule has 1 aliphatic heterocycles. The number of methoxy groups -OCH3 is 1. The van der Waals surface area contributed by atoms with Crippen LogP contribution in [0.1, 0.15) is 18.4 Å². The van der Waals surface area contributed by atoms with Gasteiger partial charge in [0.15, 0.2) is 0 Å². The molecule has 5 rings (SSSR count). The van der Waals surface area contributed by atoms with Gasteiger partial charge in [0.1, 0.15) is 11.4 Å². The molecule has 3 nitrogen and oxygen atoms in total. The predicted molar refractivity (Wildman–Crippen MR) is 106 cm³/mol. The minimum atomic E-state index is 0.902. The van der Waals surface area contributed by atoms with E-state index in [1.807, 2.05) is 12.1 Å². The Kier molecular flexibility index (Phi) is 3.59. The maximum atomic E-state index is 5.31. The molecule has 3 heterocycles. The number of ether oxygens (including phenoxy) is 1. The average Bonchev–Trinajstić information content (AvgIpc) is 3.13. The summed E-state index contributed by atoms with van der Waals surface area (Å²) in [6.07, 6.45) is 8.17. The number of hydrogen-bond donors (Lipinski definition) is 0. The maximum Gasteiger partial charge on any atom is 0.121 e. The Bertz CT molecular complexity index is 1060. The molecule has 0 saturated heterocycles. The molecule has 1 aliphatic rings. The summed E-state index contributed by atoms with van der Waals surface area (Å²) in [5.74, 6) is 0.902. The molecule has 3 heteroatoms. The SMILES string of the molecule is COc1ccc(-c2cn3cc(-c4ccccc4)n4c3c2CCCC4)cc1. The van der Waals surface area contributed by atoms with Gasteiger partial charge >= 0.3 is 0 Å². The normalized spacial score (nSPS) is 13.7. The van der Waals surface area contributed by atoms with Crippen LogP contribution in [-0.4, -0.2) is 16.1 Å². The van der Waals surface area contributed by atoms with Gasteiger partial charge in [0, 0.05) is 30.1 Å².